The summed E-state index contributed by atoms with van der Waals surface area (Å²) in [5, 5.41) is 11.0. The van der Waals surface area contributed by atoms with E-state index in [4.69, 9.17) is 4.74 Å². The highest BCUT2D eigenvalue weighted by atomic mass is 32.2. The molecule has 0 unspecified atom stereocenters. The van der Waals surface area contributed by atoms with Gasteiger partial charge in [-0.05, 0) is 36.4 Å². The van der Waals surface area contributed by atoms with Crippen LogP contribution in [0.4, 0.5) is 17.3 Å². The summed E-state index contributed by atoms with van der Waals surface area (Å²) in [6.45, 7) is 0. The van der Waals surface area contributed by atoms with E-state index in [2.05, 4.69) is 20.2 Å². The van der Waals surface area contributed by atoms with E-state index in [9.17, 15) is 8.42 Å². The van der Waals surface area contributed by atoms with Crippen molar-refractivity contribution in [2.75, 3.05) is 17.1 Å². The molecule has 8 heteroatoms. The Morgan fingerprint density at radius 2 is 1.48 bits per heavy atom. The van der Waals surface area contributed by atoms with E-state index in [-0.39, 0.29) is 10.7 Å². The molecule has 1 aromatic heterocycles. The lowest BCUT2D eigenvalue weighted by Crippen LogP contribution is -2.14. The molecule has 3 rings (SSSR count). The standard InChI is InChI=1S/C17H16N4O3S/c1-24-15-10-6-5-9-14(15)18-16-11-12-17(20-19-16)21-25(22,23)13-7-3-2-4-8-13/h2-12H,1H3,(H,18,19)(H,20,21). The van der Waals surface area contributed by atoms with E-state index >= 15 is 0 Å². The van der Waals surface area contributed by atoms with Crippen molar-refractivity contribution in [1.82, 2.24) is 10.2 Å². The quantitative estimate of drug-likeness (QED) is 0.705. The SMILES string of the molecule is COc1ccccc1Nc1ccc(NS(=O)(=O)c2ccccc2)nn1. The maximum absolute atomic E-state index is 12.2. The van der Waals surface area contributed by atoms with Crippen LogP contribution in [0.1, 0.15) is 0 Å². The zero-order valence-electron chi connectivity index (χ0n) is 13.4. The summed E-state index contributed by atoms with van der Waals surface area (Å²) < 4.78 is 32.1. The van der Waals surface area contributed by atoms with Gasteiger partial charge in [0.1, 0.15) is 5.75 Å². The summed E-state index contributed by atoms with van der Waals surface area (Å²) in [7, 11) is -2.11. The Morgan fingerprint density at radius 1 is 0.840 bits per heavy atom. The Hall–Kier alpha value is -3.13. The molecule has 0 aliphatic rings. The first-order chi connectivity index (χ1) is 12.1. The van der Waals surface area contributed by atoms with Crippen molar-refractivity contribution < 1.29 is 13.2 Å². The smallest absolute Gasteiger partial charge is 0.263 e. The minimum atomic E-state index is -3.69. The molecule has 0 spiro atoms. The van der Waals surface area contributed by atoms with Gasteiger partial charge in [0, 0.05) is 0 Å². The Morgan fingerprint density at radius 3 is 2.16 bits per heavy atom. The number of rotatable bonds is 6. The summed E-state index contributed by atoms with van der Waals surface area (Å²) in [6, 6.07) is 18.6. The number of methoxy groups -OCH3 is 1. The van der Waals surface area contributed by atoms with E-state index in [1.807, 2.05) is 24.3 Å². The number of aromatic nitrogens is 2. The Kier molecular flexibility index (Phi) is 4.80. The number of anilines is 3. The first-order valence-electron chi connectivity index (χ1n) is 7.40. The number of nitrogens with zero attached hydrogens (tertiary/aromatic N) is 2. The zero-order valence-corrected chi connectivity index (χ0v) is 14.2. The molecule has 0 amide bonds. The molecule has 128 valence electrons. The minimum absolute atomic E-state index is 0.134. The largest absolute Gasteiger partial charge is 0.495 e. The molecule has 2 aromatic carbocycles. The van der Waals surface area contributed by atoms with E-state index < -0.39 is 10.0 Å². The van der Waals surface area contributed by atoms with Crippen LogP contribution in [-0.4, -0.2) is 25.7 Å². The van der Waals surface area contributed by atoms with Gasteiger partial charge in [-0.1, -0.05) is 30.3 Å². The topological polar surface area (TPSA) is 93.2 Å². The van der Waals surface area contributed by atoms with Gasteiger partial charge in [0.25, 0.3) is 10.0 Å². The van der Waals surface area contributed by atoms with Gasteiger partial charge in [-0.2, -0.15) is 0 Å². The van der Waals surface area contributed by atoms with Gasteiger partial charge in [-0.25, -0.2) is 8.42 Å². The lowest BCUT2D eigenvalue weighted by molar-refractivity contribution is 0.417. The van der Waals surface area contributed by atoms with Crippen LogP contribution in [0.2, 0.25) is 0 Å². The molecule has 0 saturated carbocycles. The number of hydrogen-bond acceptors (Lipinski definition) is 6. The van der Waals surface area contributed by atoms with E-state index in [0.29, 0.717) is 11.6 Å². The second-order valence-corrected chi connectivity index (χ2v) is 6.73. The summed E-state index contributed by atoms with van der Waals surface area (Å²) in [4.78, 5) is 0.160. The van der Waals surface area contributed by atoms with E-state index in [0.717, 1.165) is 5.69 Å². The van der Waals surface area contributed by atoms with Gasteiger partial charge >= 0.3 is 0 Å². The second kappa shape index (κ2) is 7.18. The third kappa shape index (κ3) is 4.04. The van der Waals surface area contributed by atoms with Crippen LogP contribution < -0.4 is 14.8 Å². The molecule has 3 aromatic rings. The first kappa shape index (κ1) is 16.7. The van der Waals surface area contributed by atoms with Crippen LogP contribution in [0, 0.1) is 0 Å². The van der Waals surface area contributed by atoms with Crippen molar-refractivity contribution in [3.63, 3.8) is 0 Å². The number of benzene rings is 2. The number of para-hydroxylation sites is 2. The Labute approximate surface area is 145 Å². The van der Waals surface area contributed by atoms with Gasteiger partial charge in [-0.15, -0.1) is 10.2 Å². The van der Waals surface area contributed by atoms with Crippen molar-refractivity contribution in [3.8, 4) is 5.75 Å². The predicted molar refractivity (Wildman–Crippen MR) is 95.6 cm³/mol. The highest BCUT2D eigenvalue weighted by molar-refractivity contribution is 7.92. The van der Waals surface area contributed by atoms with Crippen LogP contribution in [0.25, 0.3) is 0 Å². The van der Waals surface area contributed by atoms with Gasteiger partial charge in [0.15, 0.2) is 11.6 Å². The van der Waals surface area contributed by atoms with Gasteiger partial charge in [0.05, 0.1) is 17.7 Å². The van der Waals surface area contributed by atoms with Crippen LogP contribution >= 0.6 is 0 Å². The molecule has 25 heavy (non-hydrogen) atoms. The Balaban J connectivity index is 1.74. The normalized spacial score (nSPS) is 10.9. The molecule has 1 heterocycles. The molecule has 0 bridgehead atoms. The maximum Gasteiger partial charge on any atom is 0.263 e. The van der Waals surface area contributed by atoms with E-state index in [1.54, 1.807) is 31.4 Å². The third-order valence-corrected chi connectivity index (χ3v) is 4.70. The fourth-order valence-corrected chi connectivity index (χ4v) is 3.15. The molecule has 0 radical (unpaired) electrons. The van der Waals surface area contributed by atoms with Crippen molar-refractivity contribution in [2.24, 2.45) is 0 Å². The molecule has 0 fully saturated rings. The van der Waals surface area contributed by atoms with Gasteiger partial charge in [-0.3, -0.25) is 4.72 Å². The van der Waals surface area contributed by atoms with Gasteiger partial charge < -0.3 is 10.1 Å². The predicted octanol–water partition coefficient (Wildman–Crippen LogP) is 3.03. The number of sulfonamides is 1. The summed E-state index contributed by atoms with van der Waals surface area (Å²) in [6.07, 6.45) is 0. The van der Waals surface area contributed by atoms with E-state index in [1.165, 1.54) is 18.2 Å². The first-order valence-corrected chi connectivity index (χ1v) is 8.88. The Bertz CT molecular complexity index is 945. The molecular weight excluding hydrogens is 340 g/mol. The fraction of sp³-hybridized carbons (Fsp3) is 0.0588. The van der Waals surface area contributed by atoms with Crippen molar-refractivity contribution in [2.45, 2.75) is 4.90 Å². The average Bonchev–Trinajstić information content (AvgIpc) is 2.64. The molecule has 0 aliphatic carbocycles. The van der Waals surface area contributed by atoms with Crippen molar-refractivity contribution >= 4 is 27.3 Å². The highest BCUT2D eigenvalue weighted by Gasteiger charge is 2.14. The zero-order chi connectivity index (χ0) is 17.7. The van der Waals surface area contributed by atoms with Crippen LogP contribution in [0.15, 0.2) is 71.6 Å². The summed E-state index contributed by atoms with van der Waals surface area (Å²) in [5.41, 5.74) is 0.733. The second-order valence-electron chi connectivity index (χ2n) is 5.05. The van der Waals surface area contributed by atoms with Crippen molar-refractivity contribution in [3.05, 3.63) is 66.7 Å². The fourth-order valence-electron chi connectivity index (χ4n) is 2.14. The van der Waals surface area contributed by atoms with Gasteiger partial charge in [0.2, 0.25) is 0 Å². The van der Waals surface area contributed by atoms with Crippen LogP contribution in [-0.2, 0) is 10.0 Å². The monoisotopic (exact) mass is 356 g/mol. The maximum atomic E-state index is 12.2. The van der Waals surface area contributed by atoms with Crippen LogP contribution in [0.3, 0.4) is 0 Å². The summed E-state index contributed by atoms with van der Waals surface area (Å²) in [5.74, 6) is 1.26. The molecule has 7 nitrogen and oxygen atoms in total. The molecule has 0 aliphatic heterocycles. The third-order valence-electron chi connectivity index (χ3n) is 3.33. The summed E-state index contributed by atoms with van der Waals surface area (Å²) >= 11 is 0. The molecule has 2 N–H and O–H groups in total. The number of nitrogens with one attached hydrogen (secondary N) is 2. The average molecular weight is 356 g/mol. The number of hydrogen-bond donors (Lipinski definition) is 2. The molecular formula is C17H16N4O3S. The minimum Gasteiger partial charge on any atom is -0.495 e. The van der Waals surface area contributed by atoms with Crippen LogP contribution in [0.5, 0.6) is 5.75 Å². The lowest BCUT2D eigenvalue weighted by atomic mass is 10.3. The number of ether oxygens (including phenoxy) is 1. The van der Waals surface area contributed by atoms with Crippen molar-refractivity contribution in [1.29, 1.82) is 0 Å². The molecule has 0 saturated heterocycles. The highest BCUT2D eigenvalue weighted by Crippen LogP contribution is 2.26. The lowest BCUT2D eigenvalue weighted by Gasteiger charge is -2.10. The molecule has 0 atom stereocenters.